The molecule has 0 saturated carbocycles. The molecule has 2 aromatic rings. The van der Waals surface area contributed by atoms with Crippen molar-refractivity contribution in [1.82, 2.24) is 0 Å². The van der Waals surface area contributed by atoms with E-state index in [1.807, 2.05) is 6.07 Å². The van der Waals surface area contributed by atoms with Gasteiger partial charge in [0.25, 0.3) is 0 Å². The van der Waals surface area contributed by atoms with Crippen LogP contribution in [0.4, 0.5) is 14.5 Å². The van der Waals surface area contributed by atoms with Crippen LogP contribution in [0.25, 0.3) is 0 Å². The summed E-state index contributed by atoms with van der Waals surface area (Å²) in [5.74, 6) is -0.425. The van der Waals surface area contributed by atoms with Crippen molar-refractivity contribution in [2.75, 3.05) is 5.32 Å². The molecule has 1 aliphatic carbocycles. The van der Waals surface area contributed by atoms with Crippen LogP contribution >= 0.6 is 0 Å². The number of rotatable bonds is 2. The molecule has 1 nitrogen and oxygen atoms in total. The average molecular weight is 245 g/mol. The van der Waals surface area contributed by atoms with E-state index < -0.39 is 0 Å². The number of benzene rings is 2. The fourth-order valence-electron chi connectivity index (χ4n) is 2.48. The second-order valence-corrected chi connectivity index (χ2v) is 4.59. The molecular weight excluding hydrogens is 232 g/mol. The lowest BCUT2D eigenvalue weighted by Gasteiger charge is -2.15. The number of nitrogens with one attached hydrogen (secondary N) is 1. The maximum atomic E-state index is 13.1. The monoisotopic (exact) mass is 245 g/mol. The standard InChI is InChI=1S/C15H13F2N/c16-11-2-5-13(6-3-11)18-15-8-1-10-9-12(17)4-7-14(10)15/h2-7,9,15,18H,1,8H2. The molecule has 1 N–H and O–H groups in total. The number of halogens is 2. The van der Waals surface area contributed by atoms with Gasteiger partial charge in [0.1, 0.15) is 11.6 Å². The number of hydrogen-bond acceptors (Lipinski definition) is 1. The molecule has 1 unspecified atom stereocenters. The number of fused-ring (bicyclic) bond motifs is 1. The first-order valence-corrected chi connectivity index (χ1v) is 6.03. The van der Waals surface area contributed by atoms with E-state index in [0.717, 1.165) is 29.7 Å². The van der Waals surface area contributed by atoms with Gasteiger partial charge in [0.15, 0.2) is 0 Å². The molecule has 2 aromatic carbocycles. The summed E-state index contributed by atoms with van der Waals surface area (Å²) >= 11 is 0. The maximum Gasteiger partial charge on any atom is 0.123 e. The zero-order valence-electron chi connectivity index (χ0n) is 9.79. The summed E-state index contributed by atoms with van der Waals surface area (Å²) in [6, 6.07) is 11.4. The molecule has 18 heavy (non-hydrogen) atoms. The van der Waals surface area contributed by atoms with Gasteiger partial charge in [-0.2, -0.15) is 0 Å². The highest BCUT2D eigenvalue weighted by molar-refractivity contribution is 5.48. The number of anilines is 1. The fraction of sp³-hybridized carbons (Fsp3) is 0.200. The van der Waals surface area contributed by atoms with Crippen molar-refractivity contribution in [1.29, 1.82) is 0 Å². The Morgan fingerprint density at radius 2 is 1.67 bits per heavy atom. The molecule has 0 saturated heterocycles. The molecule has 0 amide bonds. The third kappa shape index (κ3) is 2.08. The first-order valence-electron chi connectivity index (χ1n) is 6.03. The Balaban J connectivity index is 1.82. The zero-order valence-corrected chi connectivity index (χ0v) is 9.79. The molecule has 0 fully saturated rings. The van der Waals surface area contributed by atoms with Gasteiger partial charge in [-0.1, -0.05) is 6.07 Å². The molecule has 0 heterocycles. The van der Waals surface area contributed by atoms with E-state index in [0.29, 0.717) is 0 Å². The highest BCUT2D eigenvalue weighted by Gasteiger charge is 2.22. The molecule has 0 spiro atoms. The van der Waals surface area contributed by atoms with Crippen LogP contribution in [0, 0.1) is 11.6 Å². The van der Waals surface area contributed by atoms with E-state index in [1.54, 1.807) is 18.2 Å². The maximum absolute atomic E-state index is 13.1. The van der Waals surface area contributed by atoms with Crippen molar-refractivity contribution in [3.8, 4) is 0 Å². The Labute approximate surface area is 104 Å². The van der Waals surface area contributed by atoms with Crippen molar-refractivity contribution in [3.05, 3.63) is 65.2 Å². The van der Waals surface area contributed by atoms with E-state index in [1.165, 1.54) is 18.2 Å². The van der Waals surface area contributed by atoms with Crippen LogP contribution in [0.5, 0.6) is 0 Å². The van der Waals surface area contributed by atoms with Crippen LogP contribution in [-0.2, 0) is 6.42 Å². The summed E-state index contributed by atoms with van der Waals surface area (Å²) in [4.78, 5) is 0. The molecular formula is C15H13F2N. The largest absolute Gasteiger partial charge is 0.378 e. The van der Waals surface area contributed by atoms with Crippen LogP contribution in [0.1, 0.15) is 23.6 Å². The molecule has 0 radical (unpaired) electrons. The molecule has 3 rings (SSSR count). The number of hydrogen-bond donors (Lipinski definition) is 1. The predicted molar refractivity (Wildman–Crippen MR) is 67.5 cm³/mol. The van der Waals surface area contributed by atoms with Gasteiger partial charge in [0.2, 0.25) is 0 Å². The molecule has 0 bridgehead atoms. The molecule has 1 aliphatic rings. The summed E-state index contributed by atoms with van der Waals surface area (Å²) in [7, 11) is 0. The van der Waals surface area contributed by atoms with E-state index in [-0.39, 0.29) is 17.7 Å². The topological polar surface area (TPSA) is 12.0 Å². The minimum Gasteiger partial charge on any atom is -0.378 e. The number of aryl methyl sites for hydroxylation is 1. The predicted octanol–water partition coefficient (Wildman–Crippen LogP) is 4.06. The van der Waals surface area contributed by atoms with Crippen molar-refractivity contribution < 1.29 is 8.78 Å². The van der Waals surface area contributed by atoms with Gasteiger partial charge in [-0.05, 0) is 60.4 Å². The van der Waals surface area contributed by atoms with E-state index in [2.05, 4.69) is 5.32 Å². The molecule has 1 atom stereocenters. The van der Waals surface area contributed by atoms with Crippen LogP contribution in [0.2, 0.25) is 0 Å². The van der Waals surface area contributed by atoms with Gasteiger partial charge in [-0.3, -0.25) is 0 Å². The fourth-order valence-corrected chi connectivity index (χ4v) is 2.48. The van der Waals surface area contributed by atoms with Crippen molar-refractivity contribution >= 4 is 5.69 Å². The first-order chi connectivity index (χ1) is 8.72. The van der Waals surface area contributed by atoms with Crippen LogP contribution < -0.4 is 5.32 Å². The Morgan fingerprint density at radius 1 is 0.944 bits per heavy atom. The van der Waals surface area contributed by atoms with Gasteiger partial charge in [0, 0.05) is 5.69 Å². The second-order valence-electron chi connectivity index (χ2n) is 4.59. The zero-order chi connectivity index (χ0) is 12.5. The average Bonchev–Trinajstić information content (AvgIpc) is 2.74. The van der Waals surface area contributed by atoms with Gasteiger partial charge in [-0.15, -0.1) is 0 Å². The van der Waals surface area contributed by atoms with E-state index in [4.69, 9.17) is 0 Å². The van der Waals surface area contributed by atoms with Crippen molar-refractivity contribution in [3.63, 3.8) is 0 Å². The first kappa shape index (κ1) is 11.2. The lowest BCUT2D eigenvalue weighted by atomic mass is 10.1. The SMILES string of the molecule is Fc1ccc(NC2CCc3cc(F)ccc32)cc1. The quantitative estimate of drug-likeness (QED) is 0.841. The lowest BCUT2D eigenvalue weighted by Crippen LogP contribution is -2.06. The van der Waals surface area contributed by atoms with Gasteiger partial charge >= 0.3 is 0 Å². The smallest absolute Gasteiger partial charge is 0.123 e. The third-order valence-electron chi connectivity index (χ3n) is 3.37. The van der Waals surface area contributed by atoms with Gasteiger partial charge in [0.05, 0.1) is 6.04 Å². The van der Waals surface area contributed by atoms with Crippen molar-refractivity contribution in [2.24, 2.45) is 0 Å². The minimum atomic E-state index is -0.241. The van der Waals surface area contributed by atoms with E-state index in [9.17, 15) is 8.78 Å². The summed E-state index contributed by atoms with van der Waals surface area (Å²) in [6.45, 7) is 0. The third-order valence-corrected chi connectivity index (χ3v) is 3.37. The Bertz CT molecular complexity index is 563. The normalized spacial score (nSPS) is 17.6. The highest BCUT2D eigenvalue weighted by Crippen LogP contribution is 2.34. The van der Waals surface area contributed by atoms with Crippen molar-refractivity contribution in [2.45, 2.75) is 18.9 Å². The summed E-state index contributed by atoms with van der Waals surface area (Å²) in [5, 5.41) is 3.35. The lowest BCUT2D eigenvalue weighted by molar-refractivity contribution is 0.625. The Hall–Kier alpha value is -1.90. The van der Waals surface area contributed by atoms with Crippen LogP contribution in [0.15, 0.2) is 42.5 Å². The summed E-state index contributed by atoms with van der Waals surface area (Å²) in [6.07, 6.45) is 1.82. The molecule has 3 heteroatoms. The second kappa shape index (κ2) is 4.41. The molecule has 92 valence electrons. The van der Waals surface area contributed by atoms with Gasteiger partial charge < -0.3 is 5.32 Å². The molecule has 0 aromatic heterocycles. The Kier molecular flexibility index (Phi) is 2.74. The molecule has 0 aliphatic heterocycles. The van der Waals surface area contributed by atoms with Crippen LogP contribution in [0.3, 0.4) is 0 Å². The minimum absolute atomic E-state index is 0.184. The highest BCUT2D eigenvalue weighted by atomic mass is 19.1. The van der Waals surface area contributed by atoms with Crippen LogP contribution in [-0.4, -0.2) is 0 Å². The summed E-state index contributed by atoms with van der Waals surface area (Å²) < 4.78 is 25.9. The van der Waals surface area contributed by atoms with Gasteiger partial charge in [-0.25, -0.2) is 8.78 Å². The van der Waals surface area contributed by atoms with E-state index >= 15 is 0 Å². The Morgan fingerprint density at radius 3 is 2.44 bits per heavy atom. The summed E-state index contributed by atoms with van der Waals surface area (Å²) in [5.41, 5.74) is 3.09.